The molecule has 0 bridgehead atoms. The first-order chi connectivity index (χ1) is 9.49. The van der Waals surface area contributed by atoms with Gasteiger partial charge in [-0.1, -0.05) is 18.2 Å². The van der Waals surface area contributed by atoms with Crippen molar-refractivity contribution < 1.29 is 4.79 Å². The molecule has 0 amide bonds. The highest BCUT2D eigenvalue weighted by Crippen LogP contribution is 2.23. The van der Waals surface area contributed by atoms with Crippen LogP contribution in [0.25, 0.3) is 21.8 Å². The van der Waals surface area contributed by atoms with E-state index >= 15 is 0 Å². The summed E-state index contributed by atoms with van der Waals surface area (Å²) in [6.45, 7) is 1.93. The maximum Gasteiger partial charge on any atom is 0.259 e. The molecule has 100 valence electrons. The third-order valence-electron chi connectivity index (χ3n) is 3.39. The van der Waals surface area contributed by atoms with E-state index in [1.165, 1.54) is 10.8 Å². The standard InChI is InChI=1S/C15H11ClN2O2/c1-8-4-3-5-9-6-10-13(17-12(8)9)11(14(16)19)7-18(2)15(10)20/h3-7H,1-2H3. The lowest BCUT2D eigenvalue weighted by Gasteiger charge is -2.08. The number of nitrogens with zero attached hydrogens (tertiary/aromatic N) is 2. The summed E-state index contributed by atoms with van der Waals surface area (Å²) in [5.41, 5.74) is 2.16. The number of pyridine rings is 2. The Morgan fingerprint density at radius 2 is 2.05 bits per heavy atom. The molecule has 0 aliphatic carbocycles. The maximum atomic E-state index is 12.2. The molecule has 0 atom stereocenters. The zero-order valence-corrected chi connectivity index (χ0v) is 11.7. The second-order valence-corrected chi connectivity index (χ2v) is 5.11. The first kappa shape index (κ1) is 12.8. The Bertz CT molecular complexity index is 928. The molecule has 0 N–H and O–H groups in total. The number of aromatic nitrogens is 2. The van der Waals surface area contributed by atoms with Gasteiger partial charge in [-0.05, 0) is 30.2 Å². The van der Waals surface area contributed by atoms with E-state index in [1.807, 2.05) is 25.1 Å². The van der Waals surface area contributed by atoms with E-state index in [4.69, 9.17) is 11.6 Å². The average Bonchev–Trinajstić information content (AvgIpc) is 2.42. The summed E-state index contributed by atoms with van der Waals surface area (Å²) < 4.78 is 1.35. The number of rotatable bonds is 1. The predicted molar refractivity (Wildman–Crippen MR) is 79.4 cm³/mol. The highest BCUT2D eigenvalue weighted by atomic mass is 35.5. The topological polar surface area (TPSA) is 52.0 Å². The van der Waals surface area contributed by atoms with Crippen molar-refractivity contribution in [2.75, 3.05) is 0 Å². The number of benzene rings is 1. The molecule has 0 saturated carbocycles. The molecule has 3 aromatic rings. The minimum absolute atomic E-state index is 0.197. The fourth-order valence-corrected chi connectivity index (χ4v) is 2.50. The number of para-hydroxylation sites is 1. The molecule has 0 saturated heterocycles. The average molecular weight is 287 g/mol. The highest BCUT2D eigenvalue weighted by Gasteiger charge is 2.14. The number of fused-ring (bicyclic) bond motifs is 2. The number of carbonyl (C=O) groups is 1. The number of hydrogen-bond acceptors (Lipinski definition) is 3. The van der Waals surface area contributed by atoms with E-state index in [-0.39, 0.29) is 11.1 Å². The quantitative estimate of drug-likeness (QED) is 0.510. The first-order valence-corrected chi connectivity index (χ1v) is 6.46. The van der Waals surface area contributed by atoms with Crippen molar-refractivity contribution in [3.05, 3.63) is 51.9 Å². The van der Waals surface area contributed by atoms with E-state index < -0.39 is 5.24 Å². The number of carbonyl (C=O) groups excluding carboxylic acids is 1. The van der Waals surface area contributed by atoms with Crippen LogP contribution in [0.15, 0.2) is 35.3 Å². The molecule has 20 heavy (non-hydrogen) atoms. The van der Waals surface area contributed by atoms with Crippen LogP contribution in [0.1, 0.15) is 15.9 Å². The molecule has 3 rings (SSSR count). The Kier molecular flexibility index (Phi) is 2.83. The van der Waals surface area contributed by atoms with Crippen molar-refractivity contribution in [1.82, 2.24) is 9.55 Å². The summed E-state index contributed by atoms with van der Waals surface area (Å²) in [5.74, 6) is 0. The molecule has 0 aliphatic heterocycles. The van der Waals surface area contributed by atoms with Gasteiger partial charge in [0, 0.05) is 18.6 Å². The molecule has 4 nitrogen and oxygen atoms in total. The van der Waals surface area contributed by atoms with Gasteiger partial charge in [0.05, 0.1) is 22.0 Å². The van der Waals surface area contributed by atoms with Crippen LogP contribution < -0.4 is 5.56 Å². The van der Waals surface area contributed by atoms with Gasteiger partial charge >= 0.3 is 0 Å². The zero-order chi connectivity index (χ0) is 14.4. The van der Waals surface area contributed by atoms with Gasteiger partial charge < -0.3 is 4.57 Å². The maximum absolute atomic E-state index is 12.2. The van der Waals surface area contributed by atoms with Crippen LogP contribution in [0.3, 0.4) is 0 Å². The fraction of sp³-hybridized carbons (Fsp3) is 0.133. The van der Waals surface area contributed by atoms with Gasteiger partial charge in [-0.2, -0.15) is 0 Å². The van der Waals surface area contributed by atoms with Crippen molar-refractivity contribution in [2.45, 2.75) is 6.92 Å². The van der Waals surface area contributed by atoms with Crippen LogP contribution in [-0.2, 0) is 7.05 Å². The second kappa shape index (κ2) is 4.42. The smallest absolute Gasteiger partial charge is 0.259 e. The Morgan fingerprint density at radius 3 is 2.75 bits per heavy atom. The summed E-state index contributed by atoms with van der Waals surface area (Å²) in [6.07, 6.45) is 1.43. The molecule has 0 radical (unpaired) electrons. The summed E-state index contributed by atoms with van der Waals surface area (Å²) in [6, 6.07) is 7.50. The van der Waals surface area contributed by atoms with Crippen LogP contribution in [0, 0.1) is 6.92 Å². The molecule has 0 fully saturated rings. The molecule has 2 heterocycles. The zero-order valence-electron chi connectivity index (χ0n) is 11.0. The normalized spacial score (nSPS) is 11.2. The van der Waals surface area contributed by atoms with Gasteiger partial charge in [0.1, 0.15) is 0 Å². The first-order valence-electron chi connectivity index (χ1n) is 6.08. The van der Waals surface area contributed by atoms with Crippen LogP contribution >= 0.6 is 11.6 Å². The predicted octanol–water partition coefficient (Wildman–Crippen LogP) is 2.77. The molecule has 5 heteroatoms. The number of aryl methyl sites for hydroxylation is 2. The summed E-state index contributed by atoms with van der Waals surface area (Å²) in [7, 11) is 1.59. The van der Waals surface area contributed by atoms with Crippen LogP contribution in [0.5, 0.6) is 0 Å². The molecule has 0 aliphatic rings. The molecule has 0 unspecified atom stereocenters. The van der Waals surface area contributed by atoms with Crippen LogP contribution in [-0.4, -0.2) is 14.8 Å². The second-order valence-electron chi connectivity index (χ2n) is 4.76. The van der Waals surface area contributed by atoms with Gasteiger partial charge in [0.15, 0.2) is 0 Å². The van der Waals surface area contributed by atoms with E-state index in [2.05, 4.69) is 4.98 Å². The molecule has 1 aromatic carbocycles. The van der Waals surface area contributed by atoms with Gasteiger partial charge in [0.25, 0.3) is 10.8 Å². The third-order valence-corrected chi connectivity index (χ3v) is 3.59. The van der Waals surface area contributed by atoms with E-state index in [0.29, 0.717) is 10.9 Å². The van der Waals surface area contributed by atoms with Crippen molar-refractivity contribution in [3.63, 3.8) is 0 Å². The van der Waals surface area contributed by atoms with E-state index in [0.717, 1.165) is 16.5 Å². The van der Waals surface area contributed by atoms with Gasteiger partial charge in [0.2, 0.25) is 0 Å². The Morgan fingerprint density at radius 1 is 1.30 bits per heavy atom. The lowest BCUT2D eigenvalue weighted by Crippen LogP contribution is -2.18. The third kappa shape index (κ3) is 1.80. The monoisotopic (exact) mass is 286 g/mol. The molecular formula is C15H11ClN2O2. The summed E-state index contributed by atoms with van der Waals surface area (Å²) in [4.78, 5) is 28.2. The molecule has 2 aromatic heterocycles. The molecule has 0 spiro atoms. The van der Waals surface area contributed by atoms with Crippen LogP contribution in [0.4, 0.5) is 0 Å². The van der Waals surface area contributed by atoms with E-state index in [1.54, 1.807) is 13.1 Å². The Balaban J connectivity index is 2.61. The number of hydrogen-bond donors (Lipinski definition) is 0. The highest BCUT2D eigenvalue weighted by molar-refractivity contribution is 6.68. The SMILES string of the molecule is Cc1cccc2cc3c(=O)n(C)cc(C(=O)Cl)c3nc12. The lowest BCUT2D eigenvalue weighted by molar-refractivity contribution is 0.108. The number of halogens is 1. The Labute approximate surface area is 119 Å². The van der Waals surface area contributed by atoms with Crippen molar-refractivity contribution in [2.24, 2.45) is 7.05 Å². The van der Waals surface area contributed by atoms with Crippen LogP contribution in [0.2, 0.25) is 0 Å². The van der Waals surface area contributed by atoms with Crippen molar-refractivity contribution >= 4 is 38.6 Å². The minimum atomic E-state index is -0.619. The summed E-state index contributed by atoms with van der Waals surface area (Å²) >= 11 is 5.60. The molecular weight excluding hydrogens is 276 g/mol. The van der Waals surface area contributed by atoms with Gasteiger partial charge in [-0.3, -0.25) is 9.59 Å². The summed E-state index contributed by atoms with van der Waals surface area (Å²) in [5, 5.41) is 0.650. The van der Waals surface area contributed by atoms with E-state index in [9.17, 15) is 9.59 Å². The fourth-order valence-electron chi connectivity index (χ4n) is 2.36. The van der Waals surface area contributed by atoms with Crippen molar-refractivity contribution in [3.8, 4) is 0 Å². The Hall–Kier alpha value is -2.20. The van der Waals surface area contributed by atoms with Gasteiger partial charge in [-0.15, -0.1) is 0 Å². The van der Waals surface area contributed by atoms with Crippen molar-refractivity contribution in [1.29, 1.82) is 0 Å². The van der Waals surface area contributed by atoms with Gasteiger partial charge in [-0.25, -0.2) is 4.98 Å². The largest absolute Gasteiger partial charge is 0.317 e. The lowest BCUT2D eigenvalue weighted by atomic mass is 10.1. The minimum Gasteiger partial charge on any atom is -0.317 e.